The Hall–Kier alpha value is -1.75. The fraction of sp³-hybridized carbons (Fsp3) is 0.0909. The van der Waals surface area contributed by atoms with Gasteiger partial charge in [-0.25, -0.2) is 0 Å². The zero-order valence-electron chi connectivity index (χ0n) is 8.48. The predicted molar refractivity (Wildman–Crippen MR) is 59.1 cm³/mol. The summed E-state index contributed by atoms with van der Waals surface area (Å²) in [6.07, 6.45) is 1.54. The molecule has 0 saturated heterocycles. The number of hydrogen-bond donors (Lipinski definition) is 0. The lowest BCUT2D eigenvalue weighted by Crippen LogP contribution is -2.01. The van der Waals surface area contributed by atoms with Gasteiger partial charge < -0.3 is 4.74 Å². The number of rotatable bonds is 3. The van der Waals surface area contributed by atoms with Gasteiger partial charge in [0.15, 0.2) is 5.15 Å². The molecule has 2 aromatic rings. The Morgan fingerprint density at radius 3 is 2.41 bits per heavy atom. The highest BCUT2D eigenvalue weighted by molar-refractivity contribution is 6.29. The van der Waals surface area contributed by atoms with E-state index in [-0.39, 0.29) is 10.9 Å². The molecule has 17 heavy (non-hydrogen) atoms. The monoisotopic (exact) mass is 256 g/mol. The normalized spacial score (nSPS) is 10.6. The molecule has 0 atom stereocenters. The first-order chi connectivity index (χ1) is 8.15. The Morgan fingerprint density at radius 1 is 1.12 bits per heavy atom. The van der Waals surface area contributed by atoms with Gasteiger partial charge in [-0.1, -0.05) is 23.7 Å². The Morgan fingerprint density at radius 2 is 1.82 bits per heavy atom. The van der Waals surface area contributed by atoms with E-state index in [0.29, 0.717) is 0 Å². The largest absolute Gasteiger partial charge is 0.435 e. The van der Waals surface area contributed by atoms with Gasteiger partial charge in [0.05, 0.1) is 6.20 Å². The molecule has 0 saturated carbocycles. The van der Waals surface area contributed by atoms with E-state index < -0.39 is 6.61 Å². The molecule has 0 aliphatic carbocycles. The number of alkyl halides is 2. The summed E-state index contributed by atoms with van der Waals surface area (Å²) in [4.78, 5) is 0. The van der Waals surface area contributed by atoms with Gasteiger partial charge in [-0.05, 0) is 23.8 Å². The lowest BCUT2D eigenvalue weighted by Gasteiger charge is -2.05. The first kappa shape index (κ1) is 11.7. The topological polar surface area (TPSA) is 35.0 Å². The molecule has 0 radical (unpaired) electrons. The quantitative estimate of drug-likeness (QED) is 0.844. The van der Waals surface area contributed by atoms with E-state index in [1.165, 1.54) is 18.3 Å². The molecule has 0 N–H and O–H groups in total. The first-order valence-corrected chi connectivity index (χ1v) is 5.06. The van der Waals surface area contributed by atoms with E-state index in [4.69, 9.17) is 11.6 Å². The van der Waals surface area contributed by atoms with Crippen LogP contribution in [0, 0.1) is 0 Å². The third kappa shape index (κ3) is 3.10. The highest BCUT2D eigenvalue weighted by Crippen LogP contribution is 2.23. The van der Waals surface area contributed by atoms with Crippen molar-refractivity contribution >= 4 is 11.6 Å². The van der Waals surface area contributed by atoms with Crippen molar-refractivity contribution in [2.24, 2.45) is 0 Å². The molecule has 0 aliphatic rings. The second-order valence-corrected chi connectivity index (χ2v) is 3.56. The number of benzene rings is 1. The van der Waals surface area contributed by atoms with E-state index in [9.17, 15) is 8.78 Å². The van der Waals surface area contributed by atoms with Gasteiger partial charge in [0.25, 0.3) is 0 Å². The summed E-state index contributed by atoms with van der Waals surface area (Å²) < 4.78 is 28.1. The summed E-state index contributed by atoms with van der Waals surface area (Å²) in [5.74, 6) is 0.108. The SMILES string of the molecule is FC(F)Oc1ccc(-c2cnnc(Cl)c2)cc1. The summed E-state index contributed by atoms with van der Waals surface area (Å²) in [6, 6.07) is 7.83. The van der Waals surface area contributed by atoms with E-state index in [1.807, 2.05) is 0 Å². The summed E-state index contributed by atoms with van der Waals surface area (Å²) in [7, 11) is 0. The summed E-state index contributed by atoms with van der Waals surface area (Å²) in [5.41, 5.74) is 1.55. The molecule has 0 fully saturated rings. The van der Waals surface area contributed by atoms with Crippen LogP contribution in [-0.2, 0) is 0 Å². The average Bonchev–Trinajstić information content (AvgIpc) is 2.29. The Kier molecular flexibility index (Phi) is 3.49. The first-order valence-electron chi connectivity index (χ1n) is 4.68. The number of halogens is 3. The summed E-state index contributed by atoms with van der Waals surface area (Å²) in [6.45, 7) is -2.82. The highest BCUT2D eigenvalue weighted by atomic mass is 35.5. The molecular formula is C11H7ClF2N2O. The fourth-order valence-electron chi connectivity index (χ4n) is 1.33. The molecule has 0 amide bonds. The van der Waals surface area contributed by atoms with Crippen LogP contribution in [0.1, 0.15) is 0 Å². The number of nitrogens with zero attached hydrogens (tertiary/aromatic N) is 2. The average molecular weight is 257 g/mol. The maximum atomic E-state index is 11.9. The molecule has 0 spiro atoms. The Labute approximate surface area is 101 Å². The molecule has 6 heteroatoms. The van der Waals surface area contributed by atoms with Crippen LogP contribution in [0.3, 0.4) is 0 Å². The van der Waals surface area contributed by atoms with Crippen LogP contribution >= 0.6 is 11.6 Å². The fourth-order valence-corrected chi connectivity index (χ4v) is 1.49. The van der Waals surface area contributed by atoms with Crippen LogP contribution in [0.2, 0.25) is 5.15 Å². The van der Waals surface area contributed by atoms with E-state index in [1.54, 1.807) is 18.2 Å². The lowest BCUT2D eigenvalue weighted by molar-refractivity contribution is -0.0498. The lowest BCUT2D eigenvalue weighted by atomic mass is 10.1. The van der Waals surface area contributed by atoms with Crippen molar-refractivity contribution in [1.29, 1.82) is 0 Å². The molecule has 0 unspecified atom stereocenters. The van der Waals surface area contributed by atoms with Crippen LogP contribution in [-0.4, -0.2) is 16.8 Å². The predicted octanol–water partition coefficient (Wildman–Crippen LogP) is 3.40. The van der Waals surface area contributed by atoms with Crippen molar-refractivity contribution in [3.8, 4) is 16.9 Å². The Balaban J connectivity index is 2.23. The van der Waals surface area contributed by atoms with Crippen LogP contribution in [0.25, 0.3) is 11.1 Å². The molecular weight excluding hydrogens is 250 g/mol. The van der Waals surface area contributed by atoms with E-state index >= 15 is 0 Å². The second-order valence-electron chi connectivity index (χ2n) is 3.17. The van der Waals surface area contributed by atoms with Crippen LogP contribution < -0.4 is 4.74 Å². The van der Waals surface area contributed by atoms with Gasteiger partial charge in [0.1, 0.15) is 5.75 Å². The van der Waals surface area contributed by atoms with Crippen LogP contribution in [0.15, 0.2) is 36.5 Å². The van der Waals surface area contributed by atoms with Gasteiger partial charge in [0, 0.05) is 5.56 Å². The molecule has 2 rings (SSSR count). The zero-order valence-corrected chi connectivity index (χ0v) is 9.23. The van der Waals surface area contributed by atoms with E-state index in [2.05, 4.69) is 14.9 Å². The van der Waals surface area contributed by atoms with Crippen molar-refractivity contribution in [2.45, 2.75) is 6.61 Å². The molecule has 0 bridgehead atoms. The molecule has 88 valence electrons. The minimum Gasteiger partial charge on any atom is -0.435 e. The maximum Gasteiger partial charge on any atom is 0.387 e. The van der Waals surface area contributed by atoms with Crippen molar-refractivity contribution in [1.82, 2.24) is 10.2 Å². The molecule has 1 heterocycles. The van der Waals surface area contributed by atoms with Crippen LogP contribution in [0.5, 0.6) is 5.75 Å². The van der Waals surface area contributed by atoms with Crippen molar-refractivity contribution in [3.63, 3.8) is 0 Å². The number of ether oxygens (including phenoxy) is 1. The standard InChI is InChI=1S/C11H7ClF2N2O/c12-10-5-8(6-15-16-10)7-1-3-9(4-2-7)17-11(13)14/h1-6,11H. The van der Waals surface area contributed by atoms with Gasteiger partial charge in [-0.3, -0.25) is 0 Å². The minimum absolute atomic E-state index is 0.108. The molecule has 1 aromatic heterocycles. The Bertz CT molecular complexity index is 505. The zero-order chi connectivity index (χ0) is 12.3. The van der Waals surface area contributed by atoms with Crippen LogP contribution in [0.4, 0.5) is 8.78 Å². The van der Waals surface area contributed by atoms with E-state index in [0.717, 1.165) is 11.1 Å². The van der Waals surface area contributed by atoms with Gasteiger partial charge in [0.2, 0.25) is 0 Å². The maximum absolute atomic E-state index is 11.9. The third-order valence-electron chi connectivity index (χ3n) is 2.04. The summed E-state index contributed by atoms with van der Waals surface area (Å²) in [5, 5.41) is 7.59. The smallest absolute Gasteiger partial charge is 0.387 e. The van der Waals surface area contributed by atoms with Gasteiger partial charge in [-0.15, -0.1) is 5.10 Å². The molecule has 1 aromatic carbocycles. The number of aromatic nitrogens is 2. The van der Waals surface area contributed by atoms with Crippen molar-refractivity contribution in [2.75, 3.05) is 0 Å². The molecule has 0 aliphatic heterocycles. The second kappa shape index (κ2) is 5.05. The summed E-state index contributed by atoms with van der Waals surface area (Å²) >= 11 is 5.70. The number of hydrogen-bond acceptors (Lipinski definition) is 3. The third-order valence-corrected chi connectivity index (χ3v) is 2.22. The van der Waals surface area contributed by atoms with Crippen molar-refractivity contribution in [3.05, 3.63) is 41.7 Å². The van der Waals surface area contributed by atoms with Gasteiger partial charge in [-0.2, -0.15) is 13.9 Å². The highest BCUT2D eigenvalue weighted by Gasteiger charge is 2.05. The minimum atomic E-state index is -2.82. The van der Waals surface area contributed by atoms with Gasteiger partial charge >= 0.3 is 6.61 Å². The molecule has 3 nitrogen and oxygen atoms in total. The van der Waals surface area contributed by atoms with Crippen molar-refractivity contribution < 1.29 is 13.5 Å².